The van der Waals surface area contributed by atoms with Crippen LogP contribution in [0.2, 0.25) is 0 Å². The van der Waals surface area contributed by atoms with E-state index >= 15 is 0 Å². The molecule has 1 saturated heterocycles. The third kappa shape index (κ3) is 2.55. The van der Waals surface area contributed by atoms with Crippen LogP contribution < -0.4 is 0 Å². The fraction of sp³-hybridized carbons (Fsp3) is 0.600. The first-order valence-electron chi connectivity index (χ1n) is 7.28. The standard InChI is InChI=1S/C15H20BrNO2S/c16-13-5-1-2-6-14(13)20(18,19)17-11-9-15(10-12-17)7-3-4-8-15/h1-2,5-6H,3-4,7-12H2. The van der Waals surface area contributed by atoms with Crippen molar-refractivity contribution >= 4 is 26.0 Å². The molecule has 20 heavy (non-hydrogen) atoms. The van der Waals surface area contributed by atoms with Gasteiger partial charge in [-0.3, -0.25) is 0 Å². The molecule has 5 heteroatoms. The Morgan fingerprint density at radius 3 is 2.20 bits per heavy atom. The highest BCUT2D eigenvalue weighted by Gasteiger charge is 2.40. The molecule has 0 bridgehead atoms. The molecular weight excluding hydrogens is 338 g/mol. The largest absolute Gasteiger partial charge is 0.244 e. The Balaban J connectivity index is 1.79. The quantitative estimate of drug-likeness (QED) is 0.807. The van der Waals surface area contributed by atoms with Crippen LogP contribution in [-0.4, -0.2) is 25.8 Å². The molecule has 3 nitrogen and oxygen atoms in total. The van der Waals surface area contributed by atoms with Crippen molar-refractivity contribution in [3.63, 3.8) is 0 Å². The second kappa shape index (κ2) is 5.43. The van der Waals surface area contributed by atoms with Gasteiger partial charge in [0.05, 0.1) is 4.90 Å². The fourth-order valence-corrected chi connectivity index (χ4v) is 6.02. The number of sulfonamides is 1. The topological polar surface area (TPSA) is 37.4 Å². The van der Waals surface area contributed by atoms with Crippen molar-refractivity contribution in [3.05, 3.63) is 28.7 Å². The van der Waals surface area contributed by atoms with Crippen LogP contribution in [0.5, 0.6) is 0 Å². The first kappa shape index (κ1) is 14.5. The van der Waals surface area contributed by atoms with Crippen molar-refractivity contribution in [3.8, 4) is 0 Å². The molecule has 1 spiro atoms. The molecule has 0 unspecified atom stereocenters. The molecule has 2 aliphatic rings. The van der Waals surface area contributed by atoms with Gasteiger partial charge < -0.3 is 0 Å². The van der Waals surface area contributed by atoms with Crippen LogP contribution in [0.3, 0.4) is 0 Å². The molecule has 1 aromatic carbocycles. The van der Waals surface area contributed by atoms with Gasteiger partial charge in [0.1, 0.15) is 0 Å². The van der Waals surface area contributed by atoms with Crippen LogP contribution in [-0.2, 0) is 10.0 Å². The van der Waals surface area contributed by atoms with E-state index in [4.69, 9.17) is 0 Å². The molecule has 2 fully saturated rings. The van der Waals surface area contributed by atoms with Gasteiger partial charge in [-0.25, -0.2) is 8.42 Å². The van der Waals surface area contributed by atoms with Gasteiger partial charge in [-0.2, -0.15) is 4.31 Å². The van der Waals surface area contributed by atoms with Gasteiger partial charge in [0.2, 0.25) is 10.0 Å². The van der Waals surface area contributed by atoms with Crippen LogP contribution in [0.4, 0.5) is 0 Å². The van der Waals surface area contributed by atoms with Crippen LogP contribution in [0.1, 0.15) is 38.5 Å². The zero-order chi connectivity index (χ0) is 14.2. The summed E-state index contributed by atoms with van der Waals surface area (Å²) < 4.78 is 27.7. The third-order valence-corrected chi connectivity index (χ3v) is 7.81. The molecule has 110 valence electrons. The second-order valence-electron chi connectivity index (χ2n) is 6.04. The van der Waals surface area contributed by atoms with Gasteiger partial charge in [-0.15, -0.1) is 0 Å². The highest BCUT2D eigenvalue weighted by atomic mass is 79.9. The first-order chi connectivity index (χ1) is 9.54. The Morgan fingerprint density at radius 1 is 1.00 bits per heavy atom. The van der Waals surface area contributed by atoms with Crippen molar-refractivity contribution in [2.24, 2.45) is 5.41 Å². The van der Waals surface area contributed by atoms with Gasteiger partial charge in [-0.05, 0) is 59.2 Å². The Hall–Kier alpha value is -0.390. The van der Waals surface area contributed by atoms with E-state index in [0.717, 1.165) is 12.8 Å². The first-order valence-corrected chi connectivity index (χ1v) is 9.52. The molecule has 1 saturated carbocycles. The number of nitrogens with zero attached hydrogens (tertiary/aromatic N) is 1. The molecule has 1 heterocycles. The van der Waals surface area contributed by atoms with E-state index in [2.05, 4.69) is 15.9 Å². The molecule has 1 aliphatic carbocycles. The maximum atomic E-state index is 12.7. The average Bonchev–Trinajstić information content (AvgIpc) is 2.88. The molecule has 0 amide bonds. The average molecular weight is 358 g/mol. The van der Waals surface area contributed by atoms with E-state index in [-0.39, 0.29) is 0 Å². The molecule has 0 atom stereocenters. The predicted octanol–water partition coefficient (Wildman–Crippen LogP) is 3.79. The summed E-state index contributed by atoms with van der Waals surface area (Å²) in [6.07, 6.45) is 7.26. The van der Waals surface area contributed by atoms with E-state index in [9.17, 15) is 8.42 Å². The molecule has 3 rings (SSSR count). The van der Waals surface area contributed by atoms with Gasteiger partial charge >= 0.3 is 0 Å². The zero-order valence-corrected chi connectivity index (χ0v) is 13.9. The maximum Gasteiger partial charge on any atom is 0.244 e. The van der Waals surface area contributed by atoms with Gasteiger partial charge in [0, 0.05) is 17.6 Å². The number of hydrogen-bond acceptors (Lipinski definition) is 2. The van der Waals surface area contributed by atoms with Crippen molar-refractivity contribution in [1.29, 1.82) is 0 Å². The number of piperidine rings is 1. The normalized spacial score (nSPS) is 23.2. The Morgan fingerprint density at radius 2 is 1.60 bits per heavy atom. The summed E-state index contributed by atoms with van der Waals surface area (Å²) in [6.45, 7) is 1.34. The van der Waals surface area contributed by atoms with Gasteiger partial charge in [0.15, 0.2) is 0 Å². The third-order valence-electron chi connectivity index (χ3n) is 4.90. The second-order valence-corrected chi connectivity index (χ2v) is 8.80. The number of benzene rings is 1. The lowest BCUT2D eigenvalue weighted by Gasteiger charge is -2.38. The highest BCUT2D eigenvalue weighted by Crippen LogP contribution is 2.46. The molecule has 1 aliphatic heterocycles. The number of halogens is 1. The van der Waals surface area contributed by atoms with Crippen LogP contribution >= 0.6 is 15.9 Å². The zero-order valence-electron chi connectivity index (χ0n) is 11.5. The number of rotatable bonds is 2. The Labute approximate surface area is 129 Å². The fourth-order valence-electron chi connectivity index (χ4n) is 3.62. The molecule has 1 aromatic rings. The monoisotopic (exact) mass is 357 g/mol. The van der Waals surface area contributed by atoms with Crippen molar-refractivity contribution in [2.45, 2.75) is 43.4 Å². The van der Waals surface area contributed by atoms with E-state index in [0.29, 0.717) is 27.9 Å². The maximum absolute atomic E-state index is 12.7. The van der Waals surface area contributed by atoms with E-state index in [1.54, 1.807) is 22.5 Å². The molecule has 0 radical (unpaired) electrons. The van der Waals surface area contributed by atoms with Crippen molar-refractivity contribution in [1.82, 2.24) is 4.31 Å². The summed E-state index contributed by atoms with van der Waals surface area (Å²) in [5.41, 5.74) is 0.444. The minimum absolute atomic E-state index is 0.391. The highest BCUT2D eigenvalue weighted by molar-refractivity contribution is 9.10. The van der Waals surface area contributed by atoms with Crippen LogP contribution in [0, 0.1) is 5.41 Å². The summed E-state index contributed by atoms with van der Waals surface area (Å²) in [4.78, 5) is 0.391. The minimum atomic E-state index is -3.35. The summed E-state index contributed by atoms with van der Waals surface area (Å²) in [5, 5.41) is 0. The van der Waals surface area contributed by atoms with E-state index < -0.39 is 10.0 Å². The lowest BCUT2D eigenvalue weighted by Crippen LogP contribution is -2.42. The SMILES string of the molecule is O=S(=O)(c1ccccc1Br)N1CCC2(CCCC2)CC1. The smallest absolute Gasteiger partial charge is 0.207 e. The predicted molar refractivity (Wildman–Crippen MR) is 83.0 cm³/mol. The Bertz CT molecular complexity index is 584. The number of hydrogen-bond donors (Lipinski definition) is 0. The van der Waals surface area contributed by atoms with Gasteiger partial charge in [0.25, 0.3) is 0 Å². The summed E-state index contributed by atoms with van der Waals surface area (Å²) in [6, 6.07) is 7.08. The molecular formula is C15H20BrNO2S. The Kier molecular flexibility index (Phi) is 3.95. The lowest BCUT2D eigenvalue weighted by molar-refractivity contribution is 0.160. The van der Waals surface area contributed by atoms with E-state index in [1.165, 1.54) is 25.7 Å². The summed E-state index contributed by atoms with van der Waals surface area (Å²) in [7, 11) is -3.35. The molecule has 0 N–H and O–H groups in total. The van der Waals surface area contributed by atoms with Crippen molar-refractivity contribution < 1.29 is 8.42 Å². The van der Waals surface area contributed by atoms with Crippen LogP contribution in [0.15, 0.2) is 33.6 Å². The van der Waals surface area contributed by atoms with Crippen LogP contribution in [0.25, 0.3) is 0 Å². The summed E-state index contributed by atoms with van der Waals surface area (Å²) >= 11 is 3.35. The van der Waals surface area contributed by atoms with E-state index in [1.807, 2.05) is 6.07 Å². The minimum Gasteiger partial charge on any atom is -0.207 e. The molecule has 0 aromatic heterocycles. The lowest BCUT2D eigenvalue weighted by atomic mass is 9.78. The van der Waals surface area contributed by atoms with Gasteiger partial charge in [-0.1, -0.05) is 25.0 Å². The summed E-state index contributed by atoms with van der Waals surface area (Å²) in [5.74, 6) is 0. The van der Waals surface area contributed by atoms with Crippen molar-refractivity contribution in [2.75, 3.05) is 13.1 Å².